The lowest BCUT2D eigenvalue weighted by atomic mass is 9.83. The van der Waals surface area contributed by atoms with Crippen LogP contribution in [0.4, 0.5) is 0 Å². The van der Waals surface area contributed by atoms with Gasteiger partial charge in [-0.3, -0.25) is 4.79 Å². The summed E-state index contributed by atoms with van der Waals surface area (Å²) in [6.45, 7) is 4.48. The number of rotatable bonds is 11. The first-order chi connectivity index (χ1) is 20.2. The highest BCUT2D eigenvalue weighted by molar-refractivity contribution is 5.90. The molecular weight excluding hydrogens is 568 g/mol. The molecule has 2 heterocycles. The van der Waals surface area contributed by atoms with Crippen LogP contribution in [0.15, 0.2) is 16.8 Å². The summed E-state index contributed by atoms with van der Waals surface area (Å²) in [4.78, 5) is 17.0. The maximum absolute atomic E-state index is 13.2. The summed E-state index contributed by atoms with van der Waals surface area (Å²) in [6, 6.07) is -3.99. The topological polar surface area (TPSA) is 287 Å². The van der Waals surface area contributed by atoms with E-state index in [0.29, 0.717) is 18.7 Å². The zero-order chi connectivity index (χ0) is 31.7. The average molecular weight is 617 g/mol. The summed E-state index contributed by atoms with van der Waals surface area (Å²) >= 11 is 0. The first kappa shape index (κ1) is 33.7. The fourth-order valence-electron chi connectivity index (χ4n) is 5.87. The molecule has 2 aliphatic heterocycles. The van der Waals surface area contributed by atoms with Crippen molar-refractivity contribution in [1.29, 1.82) is 0 Å². The number of ether oxygens (including phenoxy) is 4. The van der Waals surface area contributed by atoms with E-state index in [-0.39, 0.29) is 25.4 Å². The summed E-state index contributed by atoms with van der Waals surface area (Å²) in [7, 11) is 1.57. The van der Waals surface area contributed by atoms with Gasteiger partial charge in [-0.05, 0) is 39.4 Å². The highest BCUT2D eigenvalue weighted by Crippen LogP contribution is 2.40. The number of likely N-dealkylation sites (N-methyl/N-ethyl adjacent to an activating group) is 2. The molecule has 1 saturated heterocycles. The number of hydrogen-bond acceptors (Lipinski definition) is 14. The van der Waals surface area contributed by atoms with Crippen molar-refractivity contribution in [3.63, 3.8) is 0 Å². The predicted octanol–water partition coefficient (Wildman–Crippen LogP) is -5.27. The molecule has 0 aromatic carbocycles. The second kappa shape index (κ2) is 13.5. The molecule has 4 aliphatic rings. The van der Waals surface area contributed by atoms with E-state index in [1.165, 1.54) is 6.92 Å². The van der Waals surface area contributed by atoms with Crippen molar-refractivity contribution in [2.45, 2.75) is 112 Å². The van der Waals surface area contributed by atoms with Crippen molar-refractivity contribution >= 4 is 11.9 Å². The number of guanidine groups is 1. The molecule has 0 aromatic rings. The average Bonchev–Trinajstić information content (AvgIpc) is 3.59. The summed E-state index contributed by atoms with van der Waals surface area (Å²) in [5.74, 6) is -0.408. The third kappa shape index (κ3) is 7.39. The van der Waals surface area contributed by atoms with Crippen LogP contribution in [0.3, 0.4) is 0 Å². The van der Waals surface area contributed by atoms with E-state index in [9.17, 15) is 25.2 Å². The van der Waals surface area contributed by atoms with Gasteiger partial charge in [0.25, 0.3) is 5.91 Å². The van der Waals surface area contributed by atoms with Gasteiger partial charge in [0.15, 0.2) is 17.9 Å². The van der Waals surface area contributed by atoms with Crippen molar-refractivity contribution in [2.75, 3.05) is 26.7 Å². The number of aliphatic hydroxyl groups is 4. The first-order valence-corrected chi connectivity index (χ1v) is 14.6. The second-order valence-corrected chi connectivity index (χ2v) is 12.0. The predicted molar refractivity (Wildman–Crippen MR) is 153 cm³/mol. The molecule has 2 aliphatic carbocycles. The molecule has 15 N–H and O–H groups in total. The van der Waals surface area contributed by atoms with Crippen molar-refractivity contribution < 1.29 is 44.2 Å². The molecule has 0 aromatic heterocycles. The van der Waals surface area contributed by atoms with Crippen LogP contribution >= 0.6 is 0 Å². The lowest BCUT2D eigenvalue weighted by Gasteiger charge is -2.49. The molecule has 43 heavy (non-hydrogen) atoms. The van der Waals surface area contributed by atoms with Crippen LogP contribution in [-0.4, -0.2) is 137 Å². The first-order valence-electron chi connectivity index (χ1n) is 14.6. The molecule has 2 saturated carbocycles. The molecule has 17 heteroatoms. The lowest BCUT2D eigenvalue weighted by molar-refractivity contribution is -0.304. The van der Waals surface area contributed by atoms with Crippen LogP contribution in [0.25, 0.3) is 0 Å². The van der Waals surface area contributed by atoms with E-state index in [0.717, 1.165) is 6.54 Å². The highest BCUT2D eigenvalue weighted by atomic mass is 16.7. The number of aliphatic imine (C=N–C) groups is 1. The fraction of sp³-hybridized carbons (Fsp3) is 0.846. The standard InChI is InChI=1S/C26H48N8O9/c1-4-32-9-11-5-6-12(27)21(41-11)42-18-13(28)7-14(33-23(37)26(39)8-15(26)34-24(29)30)19(16(18)35)43-22-17(36)20(31-3)25(2,38)10-40-22/h5,12-22,31-32,35-36,38-39H,4,6-10,27-28H2,1-3H3,(H,33,37)(H4,29,30,34)/t12-,13+,14-,15?,16+,17-,18?,19+,20-,21-,22-,25+,26?/m1/s1. The van der Waals surface area contributed by atoms with E-state index in [2.05, 4.69) is 20.9 Å². The van der Waals surface area contributed by atoms with Crippen molar-refractivity contribution in [2.24, 2.45) is 27.9 Å². The van der Waals surface area contributed by atoms with Gasteiger partial charge in [0.2, 0.25) is 6.29 Å². The van der Waals surface area contributed by atoms with Crippen molar-refractivity contribution in [3.8, 4) is 0 Å². The van der Waals surface area contributed by atoms with Crippen LogP contribution in [0.1, 0.15) is 33.1 Å². The number of carbonyl (C=O) groups is 1. The van der Waals surface area contributed by atoms with Gasteiger partial charge >= 0.3 is 0 Å². The van der Waals surface area contributed by atoms with Crippen LogP contribution in [0.5, 0.6) is 0 Å². The lowest BCUT2D eigenvalue weighted by Crippen LogP contribution is -2.69. The maximum Gasteiger partial charge on any atom is 0.254 e. The Bertz CT molecular complexity index is 1050. The molecule has 246 valence electrons. The summed E-state index contributed by atoms with van der Waals surface area (Å²) in [6.07, 6.45) is -4.99. The number of hydrogen-bond donors (Lipinski definition) is 11. The normalized spacial score (nSPS) is 44.6. The number of nitrogens with zero attached hydrogens (tertiary/aromatic N) is 1. The van der Waals surface area contributed by atoms with Crippen LogP contribution in [0, 0.1) is 0 Å². The smallest absolute Gasteiger partial charge is 0.254 e. The Morgan fingerprint density at radius 2 is 1.84 bits per heavy atom. The Balaban J connectivity index is 1.54. The highest BCUT2D eigenvalue weighted by Gasteiger charge is 2.61. The Hall–Kier alpha value is -2.16. The van der Waals surface area contributed by atoms with Crippen molar-refractivity contribution in [3.05, 3.63) is 11.8 Å². The summed E-state index contributed by atoms with van der Waals surface area (Å²) < 4.78 is 23.9. The minimum absolute atomic E-state index is 0.00164. The molecular formula is C26H48N8O9. The molecule has 0 radical (unpaired) electrons. The molecule has 3 fully saturated rings. The minimum Gasteiger partial charge on any atom is -0.467 e. The Kier molecular flexibility index (Phi) is 10.6. The SMILES string of the molecule is CCNCC1=CC[C@@H](N)[C@@H](OC2[C@@H](N)C[C@@H](NC(=O)C3(O)CC3N=C(N)N)[C@H](O[C@H]3OC[C@](C)(O)[C@H](NC)[C@H]3O)[C@H]2O)O1. The second-order valence-electron chi connectivity index (χ2n) is 12.0. The van der Waals surface area contributed by atoms with Gasteiger partial charge in [-0.1, -0.05) is 6.92 Å². The molecule has 3 unspecified atom stereocenters. The number of nitrogens with two attached hydrogens (primary N) is 4. The molecule has 0 spiro atoms. The van der Waals surface area contributed by atoms with Gasteiger partial charge in [0.05, 0.1) is 37.3 Å². The van der Waals surface area contributed by atoms with Gasteiger partial charge in [-0.15, -0.1) is 0 Å². The van der Waals surface area contributed by atoms with Crippen LogP contribution in [0.2, 0.25) is 0 Å². The van der Waals surface area contributed by atoms with E-state index in [1.54, 1.807) is 7.05 Å². The number of nitrogens with one attached hydrogen (secondary N) is 3. The van der Waals surface area contributed by atoms with E-state index in [4.69, 9.17) is 41.9 Å². The third-order valence-electron chi connectivity index (χ3n) is 8.44. The summed E-state index contributed by atoms with van der Waals surface area (Å²) in [5.41, 5.74) is 20.3. The Labute approximate surface area is 250 Å². The minimum atomic E-state index is -1.86. The van der Waals surface area contributed by atoms with Crippen LogP contribution < -0.4 is 38.9 Å². The molecule has 13 atom stereocenters. The Morgan fingerprint density at radius 3 is 2.49 bits per heavy atom. The zero-order valence-electron chi connectivity index (χ0n) is 24.8. The Morgan fingerprint density at radius 1 is 1.14 bits per heavy atom. The number of amides is 1. The molecule has 1 amide bonds. The van der Waals surface area contributed by atoms with Gasteiger partial charge in [-0.2, -0.15) is 0 Å². The van der Waals surface area contributed by atoms with Crippen LogP contribution in [-0.2, 0) is 23.7 Å². The monoisotopic (exact) mass is 616 g/mol. The van der Waals surface area contributed by atoms with Gasteiger partial charge in [0.1, 0.15) is 35.8 Å². The van der Waals surface area contributed by atoms with Crippen molar-refractivity contribution in [1.82, 2.24) is 16.0 Å². The zero-order valence-corrected chi connectivity index (χ0v) is 24.8. The van der Waals surface area contributed by atoms with E-state index < -0.39 is 84.3 Å². The number of carbonyl (C=O) groups excluding carboxylic acids is 1. The fourth-order valence-corrected chi connectivity index (χ4v) is 5.87. The number of aliphatic hydroxyl groups excluding tert-OH is 2. The van der Waals surface area contributed by atoms with Gasteiger partial charge in [0, 0.05) is 12.5 Å². The maximum atomic E-state index is 13.2. The molecule has 0 bridgehead atoms. The summed E-state index contributed by atoms with van der Waals surface area (Å²) in [5, 5.41) is 52.8. The van der Waals surface area contributed by atoms with E-state index in [1.807, 2.05) is 13.0 Å². The molecule has 4 rings (SSSR count). The quantitative estimate of drug-likeness (QED) is 0.0763. The molecule has 17 nitrogen and oxygen atoms in total. The van der Waals surface area contributed by atoms with Gasteiger partial charge in [-0.25, -0.2) is 4.99 Å². The van der Waals surface area contributed by atoms with E-state index >= 15 is 0 Å². The third-order valence-corrected chi connectivity index (χ3v) is 8.44. The van der Waals surface area contributed by atoms with Gasteiger partial charge < -0.3 is 78.3 Å². The largest absolute Gasteiger partial charge is 0.467 e.